The summed E-state index contributed by atoms with van der Waals surface area (Å²) in [5.41, 5.74) is 7.33. The number of ether oxygens (including phenoxy) is 1. The zero-order valence-electron chi connectivity index (χ0n) is 14.9. The fraction of sp³-hybridized carbons (Fsp3) is 0.250. The van der Waals surface area contributed by atoms with Crippen LogP contribution in [0.2, 0.25) is 0 Å². The first-order valence-electron chi connectivity index (χ1n) is 8.64. The lowest BCUT2D eigenvalue weighted by atomic mass is 10.1. The smallest absolute Gasteiger partial charge is 0.407 e. The average Bonchev–Trinajstić information content (AvgIpc) is 2.69. The highest BCUT2D eigenvalue weighted by atomic mass is 16.5. The molecule has 0 atom stereocenters. The zero-order valence-corrected chi connectivity index (χ0v) is 14.9. The Morgan fingerprint density at radius 1 is 0.926 bits per heavy atom. The molecule has 0 aliphatic rings. The first-order chi connectivity index (χ1) is 13.0. The quantitative estimate of drug-likeness (QED) is 0.588. The number of hydrogen-bond acceptors (Lipinski definition) is 4. The summed E-state index contributed by atoms with van der Waals surface area (Å²) in [5, 5.41) is 5.37. The summed E-state index contributed by atoms with van der Waals surface area (Å²) in [5.74, 6) is -0.646. The summed E-state index contributed by atoms with van der Waals surface area (Å²) in [7, 11) is 0. The number of amides is 3. The number of nitrogens with one attached hydrogen (secondary N) is 2. The summed E-state index contributed by atoms with van der Waals surface area (Å²) in [6, 6.07) is 16.2. The first-order valence-corrected chi connectivity index (χ1v) is 8.64. The van der Waals surface area contributed by atoms with Gasteiger partial charge in [0.25, 0.3) is 0 Å². The van der Waals surface area contributed by atoms with Crippen molar-refractivity contribution in [2.24, 2.45) is 5.73 Å². The van der Waals surface area contributed by atoms with Crippen LogP contribution in [-0.2, 0) is 22.7 Å². The van der Waals surface area contributed by atoms with E-state index in [0.29, 0.717) is 25.1 Å². The van der Waals surface area contributed by atoms with Crippen LogP contribution in [0.25, 0.3) is 0 Å². The van der Waals surface area contributed by atoms with Gasteiger partial charge in [0.05, 0.1) is 0 Å². The first kappa shape index (κ1) is 20.0. The molecule has 0 radical (unpaired) electrons. The Bertz CT molecular complexity index is 778. The van der Waals surface area contributed by atoms with Crippen molar-refractivity contribution in [2.75, 3.05) is 6.54 Å². The third-order valence-electron chi connectivity index (χ3n) is 3.76. The van der Waals surface area contributed by atoms with Gasteiger partial charge >= 0.3 is 6.09 Å². The third kappa shape index (κ3) is 7.60. The van der Waals surface area contributed by atoms with Gasteiger partial charge in [-0.05, 0) is 29.7 Å². The second kappa shape index (κ2) is 10.6. The maximum absolute atomic E-state index is 11.8. The molecule has 0 saturated carbocycles. The van der Waals surface area contributed by atoms with E-state index in [-0.39, 0.29) is 18.9 Å². The molecule has 2 aromatic carbocycles. The maximum Gasteiger partial charge on any atom is 0.407 e. The van der Waals surface area contributed by atoms with Crippen molar-refractivity contribution in [3.8, 4) is 0 Å². The molecule has 2 aromatic rings. The molecule has 7 nitrogen and oxygen atoms in total. The Labute approximate surface area is 157 Å². The second-order valence-corrected chi connectivity index (χ2v) is 5.93. The van der Waals surface area contributed by atoms with E-state index in [0.717, 1.165) is 11.1 Å². The SMILES string of the molecule is NC(=O)c1cccc(CNC(=O)CCCNC(=O)OCc2ccccc2)c1. The molecule has 0 fully saturated rings. The number of carbonyl (C=O) groups is 3. The van der Waals surface area contributed by atoms with E-state index in [1.54, 1.807) is 24.3 Å². The molecule has 0 unspecified atom stereocenters. The highest BCUT2D eigenvalue weighted by Crippen LogP contribution is 2.05. The van der Waals surface area contributed by atoms with Gasteiger partial charge in [0.1, 0.15) is 6.61 Å². The van der Waals surface area contributed by atoms with Gasteiger partial charge in [-0.3, -0.25) is 9.59 Å². The Morgan fingerprint density at radius 3 is 2.41 bits per heavy atom. The molecule has 0 heterocycles. The monoisotopic (exact) mass is 369 g/mol. The zero-order chi connectivity index (χ0) is 19.5. The molecule has 0 aromatic heterocycles. The number of carbonyl (C=O) groups excluding carboxylic acids is 3. The van der Waals surface area contributed by atoms with Crippen LogP contribution in [0, 0.1) is 0 Å². The number of primary amides is 1. The van der Waals surface area contributed by atoms with Crippen LogP contribution < -0.4 is 16.4 Å². The van der Waals surface area contributed by atoms with E-state index in [1.165, 1.54) is 0 Å². The predicted molar refractivity (Wildman–Crippen MR) is 101 cm³/mol. The molecular formula is C20H23N3O4. The summed E-state index contributed by atoms with van der Waals surface area (Å²) < 4.78 is 5.08. The van der Waals surface area contributed by atoms with Crippen molar-refractivity contribution >= 4 is 17.9 Å². The van der Waals surface area contributed by atoms with E-state index >= 15 is 0 Å². The van der Waals surface area contributed by atoms with E-state index in [9.17, 15) is 14.4 Å². The van der Waals surface area contributed by atoms with E-state index < -0.39 is 12.0 Å². The molecule has 7 heteroatoms. The Balaban J connectivity index is 1.58. The topological polar surface area (TPSA) is 111 Å². The van der Waals surface area contributed by atoms with Gasteiger partial charge in [-0.25, -0.2) is 4.79 Å². The summed E-state index contributed by atoms with van der Waals surface area (Å²) in [4.78, 5) is 34.6. The number of hydrogen-bond donors (Lipinski definition) is 3. The van der Waals surface area contributed by atoms with Gasteiger partial charge in [-0.2, -0.15) is 0 Å². The number of nitrogens with two attached hydrogens (primary N) is 1. The fourth-order valence-electron chi connectivity index (χ4n) is 2.34. The van der Waals surface area contributed by atoms with Crippen molar-refractivity contribution in [2.45, 2.75) is 26.0 Å². The summed E-state index contributed by atoms with van der Waals surface area (Å²) >= 11 is 0. The normalized spacial score (nSPS) is 10.1. The minimum atomic E-state index is -0.512. The molecule has 142 valence electrons. The van der Waals surface area contributed by atoms with Crippen LogP contribution in [0.15, 0.2) is 54.6 Å². The minimum Gasteiger partial charge on any atom is -0.445 e. The van der Waals surface area contributed by atoms with Gasteiger partial charge in [0.2, 0.25) is 11.8 Å². The predicted octanol–water partition coefficient (Wildman–Crippen LogP) is 2.11. The van der Waals surface area contributed by atoms with Gasteiger partial charge in [0.15, 0.2) is 0 Å². The molecule has 3 amide bonds. The van der Waals surface area contributed by atoms with Crippen molar-refractivity contribution in [1.82, 2.24) is 10.6 Å². The third-order valence-corrected chi connectivity index (χ3v) is 3.76. The molecule has 0 bridgehead atoms. The van der Waals surface area contributed by atoms with Crippen LogP contribution in [0.4, 0.5) is 4.79 Å². The van der Waals surface area contributed by atoms with Crippen LogP contribution >= 0.6 is 0 Å². The Kier molecular flexibility index (Phi) is 7.84. The van der Waals surface area contributed by atoms with Gasteiger partial charge in [-0.1, -0.05) is 42.5 Å². The molecule has 0 aliphatic heterocycles. The van der Waals surface area contributed by atoms with Gasteiger partial charge in [0, 0.05) is 25.1 Å². The van der Waals surface area contributed by atoms with Crippen LogP contribution in [0.3, 0.4) is 0 Å². The van der Waals surface area contributed by atoms with Crippen LogP contribution in [0.5, 0.6) is 0 Å². The molecule has 0 spiro atoms. The second-order valence-electron chi connectivity index (χ2n) is 5.93. The Morgan fingerprint density at radius 2 is 1.67 bits per heavy atom. The number of benzene rings is 2. The number of rotatable bonds is 9. The highest BCUT2D eigenvalue weighted by Gasteiger charge is 2.06. The van der Waals surface area contributed by atoms with Gasteiger partial charge in [-0.15, -0.1) is 0 Å². The van der Waals surface area contributed by atoms with Crippen molar-refractivity contribution < 1.29 is 19.1 Å². The van der Waals surface area contributed by atoms with Gasteiger partial charge < -0.3 is 21.1 Å². The average molecular weight is 369 g/mol. The molecule has 2 rings (SSSR count). The Hall–Kier alpha value is -3.35. The van der Waals surface area contributed by atoms with Crippen LogP contribution in [-0.4, -0.2) is 24.5 Å². The van der Waals surface area contributed by atoms with E-state index in [4.69, 9.17) is 10.5 Å². The molecular weight excluding hydrogens is 346 g/mol. The van der Waals surface area contributed by atoms with E-state index in [2.05, 4.69) is 10.6 Å². The lowest BCUT2D eigenvalue weighted by Crippen LogP contribution is -2.27. The summed E-state index contributed by atoms with van der Waals surface area (Å²) in [6.07, 6.45) is 0.254. The van der Waals surface area contributed by atoms with Crippen molar-refractivity contribution in [1.29, 1.82) is 0 Å². The molecule has 0 aliphatic carbocycles. The maximum atomic E-state index is 11.8. The molecule has 0 saturated heterocycles. The van der Waals surface area contributed by atoms with Crippen LogP contribution in [0.1, 0.15) is 34.3 Å². The lowest BCUT2D eigenvalue weighted by Gasteiger charge is -2.08. The standard InChI is InChI=1S/C20H23N3O4/c21-19(25)17-9-4-8-16(12-17)13-23-18(24)10-5-11-22-20(26)27-14-15-6-2-1-3-7-15/h1-4,6-9,12H,5,10-11,13-14H2,(H2,21,25)(H,22,26)(H,23,24). The number of alkyl carbamates (subject to hydrolysis) is 1. The largest absolute Gasteiger partial charge is 0.445 e. The molecule has 4 N–H and O–H groups in total. The lowest BCUT2D eigenvalue weighted by molar-refractivity contribution is -0.121. The van der Waals surface area contributed by atoms with Crippen molar-refractivity contribution in [3.63, 3.8) is 0 Å². The summed E-state index contributed by atoms with van der Waals surface area (Å²) in [6.45, 7) is 0.863. The molecule has 27 heavy (non-hydrogen) atoms. The van der Waals surface area contributed by atoms with Crippen molar-refractivity contribution in [3.05, 3.63) is 71.3 Å². The highest BCUT2D eigenvalue weighted by molar-refractivity contribution is 5.92. The fourth-order valence-corrected chi connectivity index (χ4v) is 2.34. The minimum absolute atomic E-state index is 0.140. The van der Waals surface area contributed by atoms with E-state index in [1.807, 2.05) is 30.3 Å².